The number of H-pyrrole nitrogens is 1. The molecule has 0 aliphatic rings. The summed E-state index contributed by atoms with van der Waals surface area (Å²) in [5, 5.41) is 0. The minimum Gasteiger partial charge on any atom is -0.344 e. The van der Waals surface area contributed by atoms with Crippen LogP contribution in [0, 0.1) is 0 Å². The molecule has 0 aliphatic carbocycles. The summed E-state index contributed by atoms with van der Waals surface area (Å²) in [7, 11) is 0. The molecule has 3 aromatic rings. The van der Waals surface area contributed by atoms with Gasteiger partial charge in [0, 0.05) is 30.1 Å². The van der Waals surface area contributed by atoms with Crippen molar-refractivity contribution < 1.29 is 0 Å². The van der Waals surface area contributed by atoms with E-state index in [0.29, 0.717) is 6.54 Å². The maximum absolute atomic E-state index is 5.53. The number of aromatic nitrogens is 3. The fraction of sp³-hybridized carbons (Fsp3) is 0.0667. The molecule has 2 heterocycles. The molecule has 0 fully saturated rings. The minimum atomic E-state index is 0.452. The smallest absolute Gasteiger partial charge is 0.139 e. The highest BCUT2D eigenvalue weighted by molar-refractivity contribution is 5.63. The van der Waals surface area contributed by atoms with E-state index in [0.717, 1.165) is 28.3 Å². The molecule has 0 radical (unpaired) electrons. The van der Waals surface area contributed by atoms with Crippen molar-refractivity contribution in [3.63, 3.8) is 0 Å². The van der Waals surface area contributed by atoms with E-state index in [1.54, 1.807) is 6.20 Å². The van der Waals surface area contributed by atoms with Crippen LogP contribution in [0.15, 0.2) is 54.9 Å². The summed E-state index contributed by atoms with van der Waals surface area (Å²) in [6.45, 7) is 0.452. The lowest BCUT2D eigenvalue weighted by Crippen LogP contribution is -1.98. The summed E-state index contributed by atoms with van der Waals surface area (Å²) >= 11 is 0. The number of nitrogens with one attached hydrogen (secondary N) is 1. The number of pyridine rings is 1. The van der Waals surface area contributed by atoms with Gasteiger partial charge in [0.2, 0.25) is 0 Å². The molecule has 3 rings (SSSR count). The van der Waals surface area contributed by atoms with Crippen LogP contribution < -0.4 is 5.73 Å². The van der Waals surface area contributed by atoms with E-state index in [2.05, 4.69) is 15.0 Å². The van der Waals surface area contributed by atoms with Gasteiger partial charge in [0.05, 0.1) is 11.4 Å². The molecule has 94 valence electrons. The lowest BCUT2D eigenvalue weighted by molar-refractivity contribution is 0.990. The maximum Gasteiger partial charge on any atom is 0.139 e. The zero-order valence-corrected chi connectivity index (χ0v) is 10.4. The van der Waals surface area contributed by atoms with Gasteiger partial charge in [0.15, 0.2) is 0 Å². The monoisotopic (exact) mass is 250 g/mol. The molecule has 4 nitrogen and oxygen atoms in total. The van der Waals surface area contributed by atoms with Crippen molar-refractivity contribution in [2.75, 3.05) is 0 Å². The molecule has 2 aromatic heterocycles. The third kappa shape index (κ3) is 2.39. The number of nitrogens with zero attached hydrogens (tertiary/aromatic N) is 2. The third-order valence-corrected chi connectivity index (χ3v) is 2.95. The van der Waals surface area contributed by atoms with E-state index in [1.165, 1.54) is 0 Å². The third-order valence-electron chi connectivity index (χ3n) is 2.95. The maximum atomic E-state index is 5.53. The number of imidazole rings is 1. The van der Waals surface area contributed by atoms with Crippen LogP contribution in [0.5, 0.6) is 0 Å². The Labute approximate surface area is 111 Å². The van der Waals surface area contributed by atoms with Gasteiger partial charge in [-0.3, -0.25) is 4.98 Å². The highest BCUT2D eigenvalue weighted by atomic mass is 14.9. The van der Waals surface area contributed by atoms with Gasteiger partial charge in [-0.15, -0.1) is 0 Å². The van der Waals surface area contributed by atoms with Crippen molar-refractivity contribution in [3.8, 4) is 22.6 Å². The molecule has 1 aromatic carbocycles. The molecule has 0 bridgehead atoms. The summed E-state index contributed by atoms with van der Waals surface area (Å²) in [6.07, 6.45) is 3.69. The van der Waals surface area contributed by atoms with Crippen molar-refractivity contribution in [1.29, 1.82) is 0 Å². The highest BCUT2D eigenvalue weighted by Crippen LogP contribution is 2.21. The molecule has 0 saturated carbocycles. The molecule has 0 unspecified atom stereocenters. The topological polar surface area (TPSA) is 67.6 Å². The Bertz CT molecular complexity index is 656. The molecule has 0 aliphatic heterocycles. The molecule has 0 amide bonds. The fourth-order valence-corrected chi connectivity index (χ4v) is 1.91. The molecule has 0 atom stereocenters. The Morgan fingerprint density at radius 1 is 1.00 bits per heavy atom. The van der Waals surface area contributed by atoms with Crippen LogP contribution in [0.4, 0.5) is 0 Å². The lowest BCUT2D eigenvalue weighted by atomic mass is 10.2. The second-order valence-corrected chi connectivity index (χ2v) is 4.24. The SMILES string of the molecule is NCc1ccc(-c2nc(-c3ccccc3)c[nH]2)cn1. The van der Waals surface area contributed by atoms with E-state index in [9.17, 15) is 0 Å². The van der Waals surface area contributed by atoms with E-state index in [1.807, 2.05) is 48.7 Å². The van der Waals surface area contributed by atoms with Gasteiger partial charge in [-0.2, -0.15) is 0 Å². The largest absolute Gasteiger partial charge is 0.344 e. The minimum absolute atomic E-state index is 0.452. The average Bonchev–Trinajstić information content (AvgIpc) is 2.98. The second kappa shape index (κ2) is 5.04. The quantitative estimate of drug-likeness (QED) is 0.750. The number of hydrogen-bond donors (Lipinski definition) is 2. The number of rotatable bonds is 3. The molecule has 4 heteroatoms. The van der Waals surface area contributed by atoms with Crippen LogP contribution >= 0.6 is 0 Å². The molecular weight excluding hydrogens is 236 g/mol. The number of nitrogens with two attached hydrogens (primary N) is 1. The Hall–Kier alpha value is -2.46. The van der Waals surface area contributed by atoms with Crippen molar-refractivity contribution >= 4 is 0 Å². The second-order valence-electron chi connectivity index (χ2n) is 4.24. The standard InChI is InChI=1S/C15H14N4/c16-8-13-7-6-12(9-17-13)15-18-10-14(19-15)11-4-2-1-3-5-11/h1-7,9-10H,8,16H2,(H,18,19). The summed E-state index contributed by atoms with van der Waals surface area (Å²) < 4.78 is 0. The van der Waals surface area contributed by atoms with Gasteiger partial charge >= 0.3 is 0 Å². The van der Waals surface area contributed by atoms with Crippen LogP contribution in [0.1, 0.15) is 5.69 Å². The number of aromatic amines is 1. The Morgan fingerprint density at radius 3 is 2.53 bits per heavy atom. The molecule has 0 saturated heterocycles. The molecule has 3 N–H and O–H groups in total. The first-order chi connectivity index (χ1) is 9.36. The van der Waals surface area contributed by atoms with Gasteiger partial charge < -0.3 is 10.7 Å². The molecular formula is C15H14N4. The first kappa shape index (κ1) is 11.6. The van der Waals surface area contributed by atoms with Crippen LogP contribution in [0.2, 0.25) is 0 Å². The average molecular weight is 250 g/mol. The van der Waals surface area contributed by atoms with E-state index in [4.69, 9.17) is 5.73 Å². The molecule has 0 spiro atoms. The van der Waals surface area contributed by atoms with Crippen LogP contribution in [-0.4, -0.2) is 15.0 Å². The van der Waals surface area contributed by atoms with Gasteiger partial charge in [-0.1, -0.05) is 30.3 Å². The van der Waals surface area contributed by atoms with Crippen molar-refractivity contribution in [1.82, 2.24) is 15.0 Å². The van der Waals surface area contributed by atoms with E-state index < -0.39 is 0 Å². The zero-order chi connectivity index (χ0) is 13.1. The predicted octanol–water partition coefficient (Wildman–Crippen LogP) is 2.60. The summed E-state index contributed by atoms with van der Waals surface area (Å²) in [5.74, 6) is 0.815. The number of hydrogen-bond acceptors (Lipinski definition) is 3. The van der Waals surface area contributed by atoms with Crippen LogP contribution in [-0.2, 0) is 6.54 Å². The van der Waals surface area contributed by atoms with Crippen molar-refractivity contribution in [2.24, 2.45) is 5.73 Å². The van der Waals surface area contributed by atoms with Crippen molar-refractivity contribution in [2.45, 2.75) is 6.54 Å². The van der Waals surface area contributed by atoms with Crippen LogP contribution in [0.25, 0.3) is 22.6 Å². The van der Waals surface area contributed by atoms with Gasteiger partial charge in [0.1, 0.15) is 5.82 Å². The fourth-order valence-electron chi connectivity index (χ4n) is 1.91. The highest BCUT2D eigenvalue weighted by Gasteiger charge is 2.05. The lowest BCUT2D eigenvalue weighted by Gasteiger charge is -1.98. The first-order valence-electron chi connectivity index (χ1n) is 6.13. The summed E-state index contributed by atoms with van der Waals surface area (Å²) in [4.78, 5) is 12.0. The Balaban J connectivity index is 1.92. The Morgan fingerprint density at radius 2 is 1.84 bits per heavy atom. The Kier molecular flexibility index (Phi) is 3.08. The molecule has 19 heavy (non-hydrogen) atoms. The van der Waals surface area contributed by atoms with E-state index >= 15 is 0 Å². The van der Waals surface area contributed by atoms with Gasteiger partial charge in [0.25, 0.3) is 0 Å². The number of benzene rings is 1. The van der Waals surface area contributed by atoms with Gasteiger partial charge in [-0.25, -0.2) is 4.98 Å². The predicted molar refractivity (Wildman–Crippen MR) is 75.1 cm³/mol. The van der Waals surface area contributed by atoms with Crippen molar-refractivity contribution in [3.05, 3.63) is 60.6 Å². The summed E-state index contributed by atoms with van der Waals surface area (Å²) in [6, 6.07) is 14.0. The zero-order valence-electron chi connectivity index (χ0n) is 10.4. The summed E-state index contributed by atoms with van der Waals surface area (Å²) in [5.41, 5.74) is 9.39. The van der Waals surface area contributed by atoms with Crippen LogP contribution in [0.3, 0.4) is 0 Å². The first-order valence-corrected chi connectivity index (χ1v) is 6.13. The normalized spacial score (nSPS) is 10.6. The van der Waals surface area contributed by atoms with E-state index in [-0.39, 0.29) is 0 Å². The van der Waals surface area contributed by atoms with Gasteiger partial charge in [-0.05, 0) is 12.1 Å².